The number of unbranched alkanes of at least 4 members (excludes halogenated alkanes) is 2. The van der Waals surface area contributed by atoms with E-state index in [1.54, 1.807) is 0 Å². The van der Waals surface area contributed by atoms with Gasteiger partial charge < -0.3 is 8.97 Å². The van der Waals surface area contributed by atoms with E-state index in [-0.39, 0.29) is 0 Å². The molecule has 0 spiro atoms. The van der Waals surface area contributed by atoms with Crippen molar-refractivity contribution < 1.29 is 8.97 Å². The van der Waals surface area contributed by atoms with E-state index in [9.17, 15) is 0 Å². The second-order valence-corrected chi connectivity index (χ2v) is 6.18. The summed E-state index contributed by atoms with van der Waals surface area (Å²) in [5.41, 5.74) is 0. The van der Waals surface area contributed by atoms with Crippen LogP contribution in [0.15, 0.2) is 0 Å². The zero-order valence-corrected chi connectivity index (χ0v) is 11.4. The van der Waals surface area contributed by atoms with Crippen LogP contribution in [0.1, 0.15) is 39.5 Å². The van der Waals surface area contributed by atoms with Crippen molar-refractivity contribution >= 4 is 0 Å². The molecule has 0 aromatic carbocycles. The van der Waals surface area contributed by atoms with Gasteiger partial charge >= 0.3 is 0 Å². The van der Waals surface area contributed by atoms with Gasteiger partial charge in [0.05, 0.1) is 13.1 Å². The minimum Gasteiger partial charge on any atom is -0.310 e. The molecular formula is C14H30N2+2. The van der Waals surface area contributed by atoms with E-state index < -0.39 is 0 Å². The number of fused-ring (bicyclic) bond motifs is 3. The van der Waals surface area contributed by atoms with Gasteiger partial charge in [-0.3, -0.25) is 0 Å². The zero-order chi connectivity index (χ0) is 11.5. The topological polar surface area (TPSA) is 0 Å². The van der Waals surface area contributed by atoms with Crippen LogP contribution in [-0.4, -0.2) is 61.3 Å². The van der Waals surface area contributed by atoms with E-state index in [4.69, 9.17) is 0 Å². The van der Waals surface area contributed by atoms with Crippen LogP contribution < -0.4 is 0 Å². The quantitative estimate of drug-likeness (QED) is 0.609. The van der Waals surface area contributed by atoms with Gasteiger partial charge in [0.2, 0.25) is 0 Å². The molecule has 0 atom stereocenters. The summed E-state index contributed by atoms with van der Waals surface area (Å²) in [5.74, 6) is 0. The molecule has 0 saturated carbocycles. The SMILES string of the molecule is CCCC[N+]12CC[N+](CCCC)(CC1)CC2. The van der Waals surface area contributed by atoms with Crippen molar-refractivity contribution in [3.63, 3.8) is 0 Å². The first-order chi connectivity index (χ1) is 7.74. The average molecular weight is 226 g/mol. The molecule has 0 radical (unpaired) electrons. The second kappa shape index (κ2) is 5.05. The lowest BCUT2D eigenvalue weighted by Crippen LogP contribution is -2.75. The normalized spacial score (nSPS) is 37.9. The molecule has 2 nitrogen and oxygen atoms in total. The van der Waals surface area contributed by atoms with Gasteiger partial charge in [0.1, 0.15) is 39.3 Å². The highest BCUT2D eigenvalue weighted by Crippen LogP contribution is 2.27. The molecule has 3 aliphatic rings. The Kier molecular flexibility index (Phi) is 3.91. The molecule has 0 unspecified atom stereocenters. The summed E-state index contributed by atoms with van der Waals surface area (Å²) in [5, 5.41) is 0. The number of quaternary nitrogens is 2. The Morgan fingerprint density at radius 1 is 0.625 bits per heavy atom. The van der Waals surface area contributed by atoms with E-state index in [0.717, 1.165) is 0 Å². The number of hydrogen-bond acceptors (Lipinski definition) is 0. The smallest absolute Gasteiger partial charge is 0.129 e. The van der Waals surface area contributed by atoms with Gasteiger partial charge in [-0.15, -0.1) is 0 Å². The predicted molar refractivity (Wildman–Crippen MR) is 69.3 cm³/mol. The second-order valence-electron chi connectivity index (χ2n) is 6.18. The highest BCUT2D eigenvalue weighted by Gasteiger charge is 2.47. The average Bonchev–Trinajstić information content (AvgIpc) is 2.37. The maximum absolute atomic E-state index is 2.33. The summed E-state index contributed by atoms with van der Waals surface area (Å²) in [4.78, 5) is 0. The van der Waals surface area contributed by atoms with Crippen molar-refractivity contribution in [2.45, 2.75) is 39.5 Å². The Morgan fingerprint density at radius 2 is 0.938 bits per heavy atom. The molecule has 0 amide bonds. The van der Waals surface area contributed by atoms with Crippen LogP contribution >= 0.6 is 0 Å². The van der Waals surface area contributed by atoms with Crippen LogP contribution in [-0.2, 0) is 0 Å². The van der Waals surface area contributed by atoms with Crippen LogP contribution in [0.3, 0.4) is 0 Å². The highest BCUT2D eigenvalue weighted by molar-refractivity contribution is 4.62. The van der Waals surface area contributed by atoms with Gasteiger partial charge in [-0.25, -0.2) is 0 Å². The summed E-state index contributed by atoms with van der Waals surface area (Å²) in [6.45, 7) is 16.4. The van der Waals surface area contributed by atoms with Crippen molar-refractivity contribution in [1.29, 1.82) is 0 Å². The van der Waals surface area contributed by atoms with Gasteiger partial charge in [-0.1, -0.05) is 26.7 Å². The van der Waals surface area contributed by atoms with Crippen molar-refractivity contribution in [2.24, 2.45) is 0 Å². The number of nitrogens with zero attached hydrogens (tertiary/aromatic N) is 2. The Morgan fingerprint density at radius 3 is 1.19 bits per heavy atom. The lowest BCUT2D eigenvalue weighted by molar-refractivity contribution is -1.08. The summed E-state index contributed by atoms with van der Waals surface area (Å²) in [6.07, 6.45) is 5.62. The van der Waals surface area contributed by atoms with Crippen LogP contribution in [0.5, 0.6) is 0 Å². The molecule has 3 rings (SSSR count). The minimum atomic E-state index is 1.37. The monoisotopic (exact) mass is 226 g/mol. The highest BCUT2D eigenvalue weighted by atomic mass is 15.5. The zero-order valence-electron chi connectivity index (χ0n) is 11.4. The third kappa shape index (κ3) is 2.43. The van der Waals surface area contributed by atoms with Crippen LogP contribution in [0.25, 0.3) is 0 Å². The Hall–Kier alpha value is -0.0800. The van der Waals surface area contributed by atoms with E-state index in [0.29, 0.717) is 0 Å². The van der Waals surface area contributed by atoms with Gasteiger partial charge in [-0.2, -0.15) is 0 Å². The Balaban J connectivity index is 1.87. The van der Waals surface area contributed by atoms with Crippen LogP contribution in [0, 0.1) is 0 Å². The van der Waals surface area contributed by atoms with Crippen LogP contribution in [0.4, 0.5) is 0 Å². The molecule has 0 aromatic rings. The fourth-order valence-corrected chi connectivity index (χ4v) is 3.60. The number of hydrogen-bond donors (Lipinski definition) is 0. The van der Waals surface area contributed by atoms with E-state index in [2.05, 4.69) is 13.8 Å². The Labute approximate surface area is 101 Å². The molecular weight excluding hydrogens is 196 g/mol. The minimum absolute atomic E-state index is 1.37. The summed E-state index contributed by atoms with van der Waals surface area (Å²) < 4.78 is 2.94. The number of rotatable bonds is 6. The fourth-order valence-electron chi connectivity index (χ4n) is 3.60. The standard InChI is InChI=1S/C14H30N2/c1-3-5-7-15-9-12-16(13-10-15,14-11-15)8-6-4-2/h3-14H2,1-2H3/q+2. The van der Waals surface area contributed by atoms with Gasteiger partial charge in [0.15, 0.2) is 0 Å². The third-order valence-corrected chi connectivity index (χ3v) is 5.12. The molecule has 3 saturated heterocycles. The largest absolute Gasteiger partial charge is 0.310 e. The fraction of sp³-hybridized carbons (Fsp3) is 1.00. The first kappa shape index (κ1) is 12.4. The molecule has 3 fully saturated rings. The van der Waals surface area contributed by atoms with E-state index >= 15 is 0 Å². The van der Waals surface area contributed by atoms with Crippen LogP contribution in [0.2, 0.25) is 0 Å². The van der Waals surface area contributed by atoms with Crippen molar-refractivity contribution in [3.8, 4) is 0 Å². The van der Waals surface area contributed by atoms with Gasteiger partial charge in [0, 0.05) is 0 Å². The lowest BCUT2D eigenvalue weighted by Gasteiger charge is -2.55. The molecule has 3 heterocycles. The third-order valence-electron chi connectivity index (χ3n) is 5.12. The molecule has 16 heavy (non-hydrogen) atoms. The first-order valence-corrected chi connectivity index (χ1v) is 7.44. The van der Waals surface area contributed by atoms with E-state index in [1.165, 1.54) is 87.0 Å². The summed E-state index contributed by atoms with van der Waals surface area (Å²) in [6, 6.07) is 0. The summed E-state index contributed by atoms with van der Waals surface area (Å²) >= 11 is 0. The molecule has 3 aliphatic heterocycles. The molecule has 0 aliphatic carbocycles. The first-order valence-electron chi connectivity index (χ1n) is 7.44. The molecule has 2 heteroatoms. The Bertz CT molecular complexity index is 176. The molecule has 0 aromatic heterocycles. The molecule has 0 N–H and O–H groups in total. The lowest BCUT2D eigenvalue weighted by atomic mass is 10.0. The molecule has 94 valence electrons. The van der Waals surface area contributed by atoms with Gasteiger partial charge in [-0.05, 0) is 12.8 Å². The maximum Gasteiger partial charge on any atom is 0.129 e. The van der Waals surface area contributed by atoms with Crippen molar-refractivity contribution in [3.05, 3.63) is 0 Å². The summed E-state index contributed by atoms with van der Waals surface area (Å²) in [7, 11) is 0. The van der Waals surface area contributed by atoms with Crippen molar-refractivity contribution in [2.75, 3.05) is 52.4 Å². The number of piperazine rings is 3. The van der Waals surface area contributed by atoms with Gasteiger partial charge in [0.25, 0.3) is 0 Å². The predicted octanol–water partition coefficient (Wildman–Crippen LogP) is 2.25. The van der Waals surface area contributed by atoms with E-state index in [1.807, 2.05) is 0 Å². The molecule has 2 bridgehead atoms. The maximum atomic E-state index is 2.33. The van der Waals surface area contributed by atoms with Crippen molar-refractivity contribution in [1.82, 2.24) is 0 Å².